The van der Waals surface area contributed by atoms with E-state index >= 15 is 0 Å². The van der Waals surface area contributed by atoms with Gasteiger partial charge in [0.2, 0.25) is 0 Å². The fourth-order valence-corrected chi connectivity index (χ4v) is 2.92. The molecule has 16 heavy (non-hydrogen) atoms. The van der Waals surface area contributed by atoms with Gasteiger partial charge in [-0.1, -0.05) is 13.8 Å². The lowest BCUT2D eigenvalue weighted by Gasteiger charge is -2.42. The number of thiophene rings is 1. The van der Waals surface area contributed by atoms with Crippen LogP contribution >= 0.6 is 23.7 Å². The maximum Gasteiger partial charge on any atom is 0.0242 e. The van der Waals surface area contributed by atoms with Gasteiger partial charge in [0, 0.05) is 25.7 Å². The molecule has 0 spiro atoms. The molecule has 0 aromatic carbocycles. The Labute approximate surface area is 108 Å². The van der Waals surface area contributed by atoms with Gasteiger partial charge >= 0.3 is 0 Å². The number of likely N-dealkylation sites (tertiary alicyclic amines) is 1. The number of hydrogen-bond donors (Lipinski definition) is 1. The average Bonchev–Trinajstić information content (AvgIpc) is 2.63. The van der Waals surface area contributed by atoms with E-state index < -0.39 is 0 Å². The molecule has 1 saturated heterocycles. The van der Waals surface area contributed by atoms with Crippen molar-refractivity contribution in [1.82, 2.24) is 4.90 Å². The number of hydrogen-bond acceptors (Lipinski definition) is 3. The van der Waals surface area contributed by atoms with Crippen molar-refractivity contribution in [3.05, 3.63) is 22.4 Å². The molecule has 4 heteroatoms. The zero-order valence-corrected chi connectivity index (χ0v) is 11.6. The van der Waals surface area contributed by atoms with Crippen molar-refractivity contribution in [2.24, 2.45) is 11.1 Å². The normalized spacial score (nSPS) is 25.1. The Morgan fingerprint density at radius 2 is 2.31 bits per heavy atom. The van der Waals surface area contributed by atoms with Gasteiger partial charge in [-0.25, -0.2) is 0 Å². The van der Waals surface area contributed by atoms with Crippen LogP contribution in [0, 0.1) is 5.41 Å². The summed E-state index contributed by atoms with van der Waals surface area (Å²) in [5.74, 6) is 0. The largest absolute Gasteiger partial charge is 0.327 e. The quantitative estimate of drug-likeness (QED) is 0.886. The molecule has 0 amide bonds. The minimum Gasteiger partial charge on any atom is -0.327 e. The zero-order valence-electron chi connectivity index (χ0n) is 9.98. The molecule has 2 nitrogen and oxygen atoms in total. The third kappa shape index (κ3) is 3.20. The number of nitrogens with two attached hydrogens (primary N) is 1. The summed E-state index contributed by atoms with van der Waals surface area (Å²) in [5.41, 5.74) is 7.82. The molecule has 2 heterocycles. The molecular weight excluding hydrogens is 240 g/mol. The molecular formula is C12H21ClN2S. The summed E-state index contributed by atoms with van der Waals surface area (Å²) in [6, 6.07) is 2.57. The fourth-order valence-electron chi connectivity index (χ4n) is 2.26. The first kappa shape index (κ1) is 14.0. The Bertz CT molecular complexity index is 311. The number of nitrogens with zero attached hydrogens (tertiary/aromatic N) is 1. The van der Waals surface area contributed by atoms with Gasteiger partial charge in [0.05, 0.1) is 0 Å². The molecule has 1 fully saturated rings. The maximum atomic E-state index is 6.12. The Balaban J connectivity index is 0.00000128. The highest BCUT2D eigenvalue weighted by molar-refractivity contribution is 7.07. The molecule has 1 aliphatic rings. The highest BCUT2D eigenvalue weighted by Crippen LogP contribution is 2.28. The number of piperidine rings is 1. The molecule has 1 atom stereocenters. The summed E-state index contributed by atoms with van der Waals surface area (Å²) >= 11 is 1.78. The molecule has 1 aromatic rings. The van der Waals surface area contributed by atoms with Gasteiger partial charge in [-0.15, -0.1) is 12.4 Å². The average molecular weight is 261 g/mol. The van der Waals surface area contributed by atoms with Crippen LogP contribution in [0.25, 0.3) is 0 Å². The predicted octanol–water partition coefficient (Wildman–Crippen LogP) is 2.73. The van der Waals surface area contributed by atoms with Crippen molar-refractivity contribution in [1.29, 1.82) is 0 Å². The third-order valence-corrected chi connectivity index (χ3v) is 4.11. The lowest BCUT2D eigenvalue weighted by atomic mass is 9.79. The summed E-state index contributed by atoms with van der Waals surface area (Å²) in [4.78, 5) is 2.52. The van der Waals surface area contributed by atoms with Crippen molar-refractivity contribution in [3.8, 4) is 0 Å². The van der Waals surface area contributed by atoms with Gasteiger partial charge < -0.3 is 5.73 Å². The van der Waals surface area contributed by atoms with Crippen LogP contribution in [0.1, 0.15) is 25.8 Å². The van der Waals surface area contributed by atoms with Crippen LogP contribution in [0.4, 0.5) is 0 Å². The summed E-state index contributed by atoms with van der Waals surface area (Å²) in [7, 11) is 0. The molecule has 0 radical (unpaired) electrons. The second kappa shape index (κ2) is 5.50. The molecule has 1 aromatic heterocycles. The standard InChI is InChI=1S/C12H20N2S.ClH/c1-12(2)9-14(5-3-11(12)13)7-10-4-6-15-8-10;/h4,6,8,11H,3,5,7,9,13H2,1-2H3;1H. The molecule has 2 N–H and O–H groups in total. The summed E-state index contributed by atoms with van der Waals surface area (Å²) in [6.07, 6.45) is 1.12. The second-order valence-electron chi connectivity index (χ2n) is 5.23. The monoisotopic (exact) mass is 260 g/mol. The molecule has 2 rings (SSSR count). The van der Waals surface area contributed by atoms with Gasteiger partial charge in [0.25, 0.3) is 0 Å². The van der Waals surface area contributed by atoms with Gasteiger partial charge in [-0.3, -0.25) is 4.90 Å². The summed E-state index contributed by atoms with van der Waals surface area (Å²) < 4.78 is 0. The lowest BCUT2D eigenvalue weighted by Crippen LogP contribution is -2.51. The number of rotatable bonds is 2. The Hall–Kier alpha value is -0.0900. The van der Waals surface area contributed by atoms with E-state index in [0.29, 0.717) is 6.04 Å². The van der Waals surface area contributed by atoms with Crippen molar-refractivity contribution in [2.45, 2.75) is 32.9 Å². The zero-order chi connectivity index (χ0) is 10.9. The first-order valence-electron chi connectivity index (χ1n) is 5.57. The Morgan fingerprint density at radius 1 is 1.56 bits per heavy atom. The van der Waals surface area contributed by atoms with Crippen LogP contribution in [-0.4, -0.2) is 24.0 Å². The van der Waals surface area contributed by atoms with Crippen LogP contribution in [0.15, 0.2) is 16.8 Å². The van der Waals surface area contributed by atoms with E-state index in [1.54, 1.807) is 11.3 Å². The predicted molar refractivity (Wildman–Crippen MR) is 73.2 cm³/mol. The van der Waals surface area contributed by atoms with Gasteiger partial charge in [-0.2, -0.15) is 11.3 Å². The van der Waals surface area contributed by atoms with E-state index in [1.807, 2.05) is 0 Å². The molecule has 0 saturated carbocycles. The fraction of sp³-hybridized carbons (Fsp3) is 0.667. The number of halogens is 1. The Morgan fingerprint density at radius 3 is 2.88 bits per heavy atom. The van der Waals surface area contributed by atoms with E-state index in [9.17, 15) is 0 Å². The molecule has 0 aliphatic carbocycles. The molecule has 92 valence electrons. The SMILES string of the molecule is CC1(C)CN(Cc2ccsc2)CCC1N.Cl. The van der Waals surface area contributed by atoms with E-state index in [2.05, 4.69) is 35.6 Å². The van der Waals surface area contributed by atoms with Crippen LogP contribution < -0.4 is 5.73 Å². The van der Waals surface area contributed by atoms with Crippen molar-refractivity contribution in [3.63, 3.8) is 0 Å². The summed E-state index contributed by atoms with van der Waals surface area (Å²) in [6.45, 7) is 7.89. The van der Waals surface area contributed by atoms with Crippen LogP contribution in [0.5, 0.6) is 0 Å². The van der Waals surface area contributed by atoms with Crippen LogP contribution in [0.2, 0.25) is 0 Å². The van der Waals surface area contributed by atoms with E-state index in [0.717, 1.165) is 26.1 Å². The van der Waals surface area contributed by atoms with Crippen molar-refractivity contribution < 1.29 is 0 Å². The first-order chi connectivity index (χ1) is 7.08. The topological polar surface area (TPSA) is 29.3 Å². The van der Waals surface area contributed by atoms with Crippen LogP contribution in [-0.2, 0) is 6.54 Å². The second-order valence-corrected chi connectivity index (χ2v) is 6.01. The summed E-state index contributed by atoms with van der Waals surface area (Å²) in [5, 5.41) is 4.39. The van der Waals surface area contributed by atoms with Crippen LogP contribution in [0.3, 0.4) is 0 Å². The highest BCUT2D eigenvalue weighted by Gasteiger charge is 2.33. The third-order valence-electron chi connectivity index (χ3n) is 3.38. The first-order valence-corrected chi connectivity index (χ1v) is 6.51. The minimum absolute atomic E-state index is 0. The van der Waals surface area contributed by atoms with Crippen molar-refractivity contribution >= 4 is 23.7 Å². The smallest absolute Gasteiger partial charge is 0.0242 e. The molecule has 1 unspecified atom stereocenters. The van der Waals surface area contributed by atoms with E-state index in [-0.39, 0.29) is 17.8 Å². The van der Waals surface area contributed by atoms with E-state index in [1.165, 1.54) is 5.56 Å². The van der Waals surface area contributed by atoms with Gasteiger partial charge in [0.1, 0.15) is 0 Å². The maximum absolute atomic E-state index is 6.12. The highest BCUT2D eigenvalue weighted by atomic mass is 35.5. The molecule has 1 aliphatic heterocycles. The minimum atomic E-state index is 0. The Kier molecular flexibility index (Phi) is 4.80. The lowest BCUT2D eigenvalue weighted by molar-refractivity contribution is 0.0900. The van der Waals surface area contributed by atoms with Gasteiger partial charge in [0.15, 0.2) is 0 Å². The van der Waals surface area contributed by atoms with E-state index in [4.69, 9.17) is 5.73 Å². The van der Waals surface area contributed by atoms with Gasteiger partial charge in [-0.05, 0) is 34.2 Å². The molecule has 0 bridgehead atoms. The van der Waals surface area contributed by atoms with Crippen molar-refractivity contribution in [2.75, 3.05) is 13.1 Å².